The Balaban J connectivity index is 1.75. The number of rotatable bonds is 4. The molecule has 0 unspecified atom stereocenters. The van der Waals surface area contributed by atoms with Crippen LogP contribution in [-0.4, -0.2) is 14.9 Å². The second kappa shape index (κ2) is 8.48. The highest BCUT2D eigenvalue weighted by atomic mass is 35.5. The van der Waals surface area contributed by atoms with Crippen LogP contribution < -0.4 is 10.6 Å². The summed E-state index contributed by atoms with van der Waals surface area (Å²) in [5.41, 5.74) is 4.47. The van der Waals surface area contributed by atoms with Gasteiger partial charge in [0.2, 0.25) is 0 Å². The zero-order valence-corrected chi connectivity index (χ0v) is 17.8. The van der Waals surface area contributed by atoms with E-state index in [0.717, 1.165) is 28.3 Å². The van der Waals surface area contributed by atoms with Crippen molar-refractivity contribution >= 4 is 63.5 Å². The lowest BCUT2D eigenvalue weighted by atomic mass is 10.2. The van der Waals surface area contributed by atoms with Crippen molar-refractivity contribution in [1.29, 1.82) is 0 Å². The molecule has 1 heterocycles. The molecule has 0 aliphatic heterocycles. The summed E-state index contributed by atoms with van der Waals surface area (Å²) < 4.78 is 1.89. The van der Waals surface area contributed by atoms with E-state index in [1.165, 1.54) is 0 Å². The molecule has 2 aromatic carbocycles. The van der Waals surface area contributed by atoms with Gasteiger partial charge in [0.1, 0.15) is 0 Å². The largest absolute Gasteiger partial charge is 0.332 e. The lowest BCUT2D eigenvalue weighted by Gasteiger charge is -2.11. The van der Waals surface area contributed by atoms with Crippen LogP contribution in [0.5, 0.6) is 0 Å². The minimum Gasteiger partial charge on any atom is -0.332 e. The summed E-state index contributed by atoms with van der Waals surface area (Å²) in [5.74, 6) is 0. The molecule has 8 heteroatoms. The molecular weight excluding hydrogens is 423 g/mol. The molecule has 0 saturated carbocycles. The van der Waals surface area contributed by atoms with Crippen LogP contribution in [0.4, 0.5) is 11.4 Å². The van der Waals surface area contributed by atoms with Gasteiger partial charge in [-0.15, -0.1) is 0 Å². The number of benzene rings is 2. The highest BCUT2D eigenvalue weighted by molar-refractivity contribution is 7.80. The summed E-state index contributed by atoms with van der Waals surface area (Å²) in [5, 5.41) is 13.3. The van der Waals surface area contributed by atoms with Crippen LogP contribution in [0, 0.1) is 13.8 Å². The van der Waals surface area contributed by atoms with E-state index in [0.29, 0.717) is 26.7 Å². The Labute approximate surface area is 178 Å². The SMILES string of the molecule is Cc1nn(Cc2ccc(Cl)cc2Cl)c(C)c1NC(=S)Nc1ccc(Cl)cc1. The van der Waals surface area contributed by atoms with Crippen LogP contribution in [0.1, 0.15) is 17.0 Å². The molecule has 0 spiro atoms. The second-order valence-electron chi connectivity index (χ2n) is 6.03. The van der Waals surface area contributed by atoms with E-state index in [-0.39, 0.29) is 0 Å². The van der Waals surface area contributed by atoms with Crippen molar-refractivity contribution in [3.63, 3.8) is 0 Å². The molecule has 0 bridgehead atoms. The number of aromatic nitrogens is 2. The molecule has 3 aromatic rings. The smallest absolute Gasteiger partial charge is 0.175 e. The Kier molecular flexibility index (Phi) is 6.27. The van der Waals surface area contributed by atoms with Crippen molar-refractivity contribution in [3.8, 4) is 0 Å². The third-order valence-corrected chi connectivity index (χ3v) is 5.10. The molecule has 0 aliphatic carbocycles. The van der Waals surface area contributed by atoms with Gasteiger partial charge in [-0.2, -0.15) is 5.10 Å². The summed E-state index contributed by atoms with van der Waals surface area (Å²) in [6.45, 7) is 4.46. The molecule has 1 aromatic heterocycles. The third kappa shape index (κ3) is 4.93. The molecule has 3 rings (SSSR count). The van der Waals surface area contributed by atoms with Gasteiger partial charge in [-0.3, -0.25) is 4.68 Å². The molecular formula is C19H17Cl3N4S. The van der Waals surface area contributed by atoms with E-state index in [1.807, 2.05) is 42.8 Å². The Hall–Kier alpha value is -1.79. The van der Waals surface area contributed by atoms with Crippen LogP contribution in [0.3, 0.4) is 0 Å². The quantitative estimate of drug-likeness (QED) is 0.467. The van der Waals surface area contributed by atoms with Gasteiger partial charge in [0.25, 0.3) is 0 Å². The fraction of sp³-hybridized carbons (Fsp3) is 0.158. The van der Waals surface area contributed by atoms with E-state index < -0.39 is 0 Å². The van der Waals surface area contributed by atoms with Crippen LogP contribution in [0.25, 0.3) is 0 Å². The minimum absolute atomic E-state index is 0.479. The average Bonchev–Trinajstić information content (AvgIpc) is 2.87. The fourth-order valence-electron chi connectivity index (χ4n) is 2.65. The van der Waals surface area contributed by atoms with Gasteiger partial charge in [-0.25, -0.2) is 0 Å². The van der Waals surface area contributed by atoms with Crippen LogP contribution in [-0.2, 0) is 6.54 Å². The summed E-state index contributed by atoms with van der Waals surface area (Å²) in [7, 11) is 0. The Bertz CT molecular complexity index is 983. The van der Waals surface area contributed by atoms with Gasteiger partial charge in [0.05, 0.1) is 23.6 Å². The zero-order chi connectivity index (χ0) is 19.6. The maximum atomic E-state index is 6.28. The molecule has 0 amide bonds. The Morgan fingerprint density at radius 1 is 1.00 bits per heavy atom. The van der Waals surface area contributed by atoms with Crippen molar-refractivity contribution in [1.82, 2.24) is 9.78 Å². The first-order valence-corrected chi connectivity index (χ1v) is 9.69. The van der Waals surface area contributed by atoms with E-state index >= 15 is 0 Å². The molecule has 2 N–H and O–H groups in total. The number of aryl methyl sites for hydroxylation is 1. The maximum absolute atomic E-state index is 6.28. The van der Waals surface area contributed by atoms with Gasteiger partial charge in [0.15, 0.2) is 5.11 Å². The van der Waals surface area contributed by atoms with Gasteiger partial charge < -0.3 is 10.6 Å². The van der Waals surface area contributed by atoms with Crippen molar-refractivity contribution in [2.24, 2.45) is 0 Å². The fourth-order valence-corrected chi connectivity index (χ4v) is 3.47. The minimum atomic E-state index is 0.479. The van der Waals surface area contributed by atoms with E-state index in [2.05, 4.69) is 15.7 Å². The van der Waals surface area contributed by atoms with Crippen molar-refractivity contribution in [2.75, 3.05) is 10.6 Å². The molecule has 140 valence electrons. The molecule has 27 heavy (non-hydrogen) atoms. The molecule has 0 fully saturated rings. The summed E-state index contributed by atoms with van der Waals surface area (Å²) in [6.07, 6.45) is 0. The molecule has 4 nitrogen and oxygen atoms in total. The van der Waals surface area contributed by atoms with Crippen molar-refractivity contribution in [2.45, 2.75) is 20.4 Å². The predicted molar refractivity (Wildman–Crippen MR) is 119 cm³/mol. The van der Waals surface area contributed by atoms with E-state index in [1.54, 1.807) is 18.2 Å². The number of anilines is 2. The number of thiocarbonyl (C=S) groups is 1. The summed E-state index contributed by atoms with van der Waals surface area (Å²) >= 11 is 23.6. The first-order chi connectivity index (χ1) is 12.8. The number of hydrogen-bond donors (Lipinski definition) is 2. The highest BCUT2D eigenvalue weighted by Crippen LogP contribution is 2.25. The summed E-state index contributed by atoms with van der Waals surface area (Å²) in [6, 6.07) is 12.8. The molecule has 0 radical (unpaired) electrons. The lowest BCUT2D eigenvalue weighted by molar-refractivity contribution is 0.659. The number of hydrogen-bond acceptors (Lipinski definition) is 2. The normalized spacial score (nSPS) is 10.7. The number of nitrogens with zero attached hydrogens (tertiary/aromatic N) is 2. The Morgan fingerprint density at radius 2 is 1.67 bits per heavy atom. The molecule has 0 atom stereocenters. The highest BCUT2D eigenvalue weighted by Gasteiger charge is 2.14. The monoisotopic (exact) mass is 438 g/mol. The van der Waals surface area contributed by atoms with Crippen LogP contribution >= 0.6 is 47.0 Å². The summed E-state index contributed by atoms with van der Waals surface area (Å²) in [4.78, 5) is 0. The van der Waals surface area contributed by atoms with Crippen LogP contribution in [0.2, 0.25) is 15.1 Å². The second-order valence-corrected chi connectivity index (χ2v) is 7.71. The first-order valence-electron chi connectivity index (χ1n) is 8.15. The van der Waals surface area contributed by atoms with Gasteiger partial charge in [-0.1, -0.05) is 40.9 Å². The Morgan fingerprint density at radius 3 is 2.33 bits per heavy atom. The van der Waals surface area contributed by atoms with E-state index in [4.69, 9.17) is 47.0 Å². The molecule has 0 saturated heterocycles. The van der Waals surface area contributed by atoms with Crippen LogP contribution in [0.15, 0.2) is 42.5 Å². The third-order valence-electron chi connectivity index (χ3n) is 4.06. The number of nitrogens with one attached hydrogen (secondary N) is 2. The maximum Gasteiger partial charge on any atom is 0.175 e. The standard InChI is InChI=1S/C19H17Cl3N4S/c1-11-18(24-19(27)23-16-7-5-14(20)6-8-16)12(2)26(25-11)10-13-3-4-15(21)9-17(13)22/h3-9H,10H2,1-2H3,(H2,23,24,27). The average molecular weight is 440 g/mol. The van der Waals surface area contributed by atoms with Gasteiger partial charge in [-0.05, 0) is 68.0 Å². The van der Waals surface area contributed by atoms with Gasteiger partial charge in [0, 0.05) is 20.8 Å². The predicted octanol–water partition coefficient (Wildman–Crippen LogP) is 6.32. The topological polar surface area (TPSA) is 41.9 Å². The zero-order valence-electron chi connectivity index (χ0n) is 14.7. The van der Waals surface area contributed by atoms with Crippen molar-refractivity contribution < 1.29 is 0 Å². The first kappa shape index (κ1) is 20.0. The molecule has 0 aliphatic rings. The lowest BCUT2D eigenvalue weighted by Crippen LogP contribution is -2.20. The van der Waals surface area contributed by atoms with Crippen molar-refractivity contribution in [3.05, 3.63) is 74.5 Å². The van der Waals surface area contributed by atoms with E-state index in [9.17, 15) is 0 Å². The van der Waals surface area contributed by atoms with Gasteiger partial charge >= 0.3 is 0 Å². The number of halogens is 3.